The lowest BCUT2D eigenvalue weighted by Gasteiger charge is -2.29. The first-order valence-corrected chi connectivity index (χ1v) is 12.6. The van der Waals surface area contributed by atoms with Crippen molar-refractivity contribution in [2.75, 3.05) is 14.2 Å². The molecule has 36 heavy (non-hydrogen) atoms. The second kappa shape index (κ2) is 12.1. The third-order valence-electron chi connectivity index (χ3n) is 6.75. The number of nitrogens with one attached hydrogen (secondary N) is 1. The number of hydrogen-bond donors (Lipinski definition) is 2. The van der Waals surface area contributed by atoms with E-state index in [4.69, 9.17) is 19.9 Å². The molecule has 0 saturated heterocycles. The van der Waals surface area contributed by atoms with Crippen molar-refractivity contribution in [3.63, 3.8) is 0 Å². The van der Waals surface area contributed by atoms with Crippen LogP contribution in [-0.2, 0) is 16.0 Å². The van der Waals surface area contributed by atoms with Crippen LogP contribution in [0.5, 0.6) is 11.6 Å². The standard InChI is InChI=1S/C28H39N3O5/c1-28(2,3)24(25(29)32)31-27(33)36-22-17-11-13-18(22)12-7-6-8-15-20-23(34-4)19-14-9-10-16-21(19)30-26(20)35-5/h6,8-10,14,16,18,22,24H,7,11-13,15,17H2,1-5H3,(H2,29,32)(H,31,33)/b8-6+/t18-,22-,24-/m1/s1. The number of hydrogen-bond acceptors (Lipinski definition) is 6. The van der Waals surface area contributed by atoms with Gasteiger partial charge in [0.05, 0.1) is 25.3 Å². The van der Waals surface area contributed by atoms with Gasteiger partial charge in [-0.3, -0.25) is 4.79 Å². The summed E-state index contributed by atoms with van der Waals surface area (Å²) >= 11 is 0. The molecule has 2 amide bonds. The van der Waals surface area contributed by atoms with E-state index in [1.165, 1.54) is 0 Å². The Balaban J connectivity index is 1.56. The maximum Gasteiger partial charge on any atom is 0.408 e. The lowest BCUT2D eigenvalue weighted by Crippen LogP contribution is -2.52. The average Bonchev–Trinajstić information content (AvgIpc) is 3.27. The highest BCUT2D eigenvalue weighted by molar-refractivity contribution is 5.87. The number of fused-ring (bicyclic) bond motifs is 1. The fourth-order valence-electron chi connectivity index (χ4n) is 4.90. The van der Waals surface area contributed by atoms with Crippen molar-refractivity contribution < 1.29 is 23.8 Å². The van der Waals surface area contributed by atoms with Crippen LogP contribution in [0.3, 0.4) is 0 Å². The van der Waals surface area contributed by atoms with Crippen LogP contribution in [-0.4, -0.2) is 43.3 Å². The summed E-state index contributed by atoms with van der Waals surface area (Å²) in [7, 11) is 3.28. The lowest BCUT2D eigenvalue weighted by molar-refractivity contribution is -0.122. The molecule has 196 valence electrons. The number of nitrogens with zero attached hydrogens (tertiary/aromatic N) is 1. The number of amides is 2. The molecule has 8 nitrogen and oxygen atoms in total. The second-order valence-corrected chi connectivity index (χ2v) is 10.4. The molecule has 1 heterocycles. The predicted octanol–water partition coefficient (Wildman–Crippen LogP) is 4.93. The highest BCUT2D eigenvalue weighted by Gasteiger charge is 2.34. The molecule has 0 radical (unpaired) electrons. The third-order valence-corrected chi connectivity index (χ3v) is 6.75. The van der Waals surface area contributed by atoms with Crippen LogP contribution in [0.4, 0.5) is 4.79 Å². The van der Waals surface area contributed by atoms with E-state index in [1.807, 2.05) is 45.0 Å². The fourth-order valence-corrected chi connectivity index (χ4v) is 4.90. The quantitative estimate of drug-likeness (QED) is 0.450. The van der Waals surface area contributed by atoms with Crippen LogP contribution in [0.1, 0.15) is 58.4 Å². The van der Waals surface area contributed by atoms with E-state index < -0.39 is 23.5 Å². The van der Waals surface area contributed by atoms with Gasteiger partial charge in [0, 0.05) is 5.39 Å². The molecular formula is C28H39N3O5. The van der Waals surface area contributed by atoms with Gasteiger partial charge in [0.1, 0.15) is 17.9 Å². The number of methoxy groups -OCH3 is 2. The van der Waals surface area contributed by atoms with Crippen molar-refractivity contribution in [1.82, 2.24) is 10.3 Å². The summed E-state index contributed by atoms with van der Waals surface area (Å²) in [5.74, 6) is 1.06. The molecule has 1 aliphatic carbocycles. The molecule has 3 rings (SSSR count). The van der Waals surface area contributed by atoms with Gasteiger partial charge in [-0.15, -0.1) is 0 Å². The van der Waals surface area contributed by atoms with Gasteiger partial charge in [-0.05, 0) is 62.0 Å². The summed E-state index contributed by atoms with van der Waals surface area (Å²) in [6.07, 6.45) is 8.79. The predicted molar refractivity (Wildman–Crippen MR) is 140 cm³/mol. The number of alkyl carbamates (subject to hydrolysis) is 1. The van der Waals surface area contributed by atoms with Crippen LogP contribution in [0, 0.1) is 11.3 Å². The van der Waals surface area contributed by atoms with Gasteiger partial charge in [0.15, 0.2) is 0 Å². The normalized spacial score (nSPS) is 18.8. The summed E-state index contributed by atoms with van der Waals surface area (Å²) in [5, 5.41) is 3.61. The van der Waals surface area contributed by atoms with Crippen molar-refractivity contribution in [3.8, 4) is 11.6 Å². The third kappa shape index (κ3) is 6.68. The number of aromatic nitrogens is 1. The number of ether oxygens (including phenoxy) is 3. The number of primary amides is 1. The Morgan fingerprint density at radius 2 is 1.92 bits per heavy atom. The van der Waals surface area contributed by atoms with Crippen molar-refractivity contribution in [2.45, 2.75) is 71.4 Å². The van der Waals surface area contributed by atoms with Gasteiger partial charge in [-0.1, -0.05) is 45.1 Å². The zero-order chi connectivity index (χ0) is 26.3. The Bertz CT molecular complexity index is 1090. The van der Waals surface area contributed by atoms with Crippen molar-refractivity contribution >= 4 is 22.9 Å². The SMILES string of the molecule is COc1nc2ccccc2c(OC)c1C/C=C/CC[C@@H]1CCC[C@H]1OC(=O)N[C@H](C(N)=O)C(C)(C)C. The average molecular weight is 498 g/mol. The first-order valence-electron chi connectivity index (χ1n) is 12.6. The van der Waals surface area contributed by atoms with E-state index in [0.717, 1.165) is 54.3 Å². The van der Waals surface area contributed by atoms with Gasteiger partial charge in [-0.25, -0.2) is 9.78 Å². The maximum atomic E-state index is 12.5. The Morgan fingerprint density at radius 1 is 1.17 bits per heavy atom. The number of pyridine rings is 1. The van der Waals surface area contributed by atoms with Crippen LogP contribution in [0.25, 0.3) is 10.9 Å². The van der Waals surface area contributed by atoms with E-state index in [9.17, 15) is 9.59 Å². The Kier molecular flexibility index (Phi) is 9.18. The molecule has 0 spiro atoms. The molecule has 1 aromatic heterocycles. The number of benzene rings is 1. The molecule has 3 atom stereocenters. The topological polar surface area (TPSA) is 113 Å². The van der Waals surface area contributed by atoms with E-state index in [0.29, 0.717) is 12.3 Å². The Labute approximate surface area is 213 Å². The minimum atomic E-state index is -0.786. The number of carbonyl (C=O) groups is 2. The van der Waals surface area contributed by atoms with E-state index >= 15 is 0 Å². The smallest absolute Gasteiger partial charge is 0.408 e. The molecular weight excluding hydrogens is 458 g/mol. The zero-order valence-corrected chi connectivity index (χ0v) is 22.0. The summed E-state index contributed by atoms with van der Waals surface area (Å²) in [4.78, 5) is 28.9. The van der Waals surface area contributed by atoms with Crippen LogP contribution in [0.2, 0.25) is 0 Å². The first-order chi connectivity index (χ1) is 17.2. The molecule has 1 aliphatic rings. The maximum absolute atomic E-state index is 12.5. The molecule has 1 aromatic carbocycles. The minimum absolute atomic E-state index is 0.156. The largest absolute Gasteiger partial charge is 0.496 e. The number of rotatable bonds is 10. The first kappa shape index (κ1) is 27.3. The second-order valence-electron chi connectivity index (χ2n) is 10.4. The molecule has 1 fully saturated rings. The van der Waals surface area contributed by atoms with Crippen molar-refractivity contribution in [1.29, 1.82) is 0 Å². The van der Waals surface area contributed by atoms with Crippen LogP contribution >= 0.6 is 0 Å². The van der Waals surface area contributed by atoms with E-state index in [-0.39, 0.29) is 12.0 Å². The van der Waals surface area contributed by atoms with Crippen molar-refractivity contribution in [2.24, 2.45) is 17.1 Å². The number of carbonyl (C=O) groups excluding carboxylic acids is 2. The molecule has 3 N–H and O–H groups in total. The molecule has 0 aliphatic heterocycles. The van der Waals surface area contributed by atoms with E-state index in [1.54, 1.807) is 14.2 Å². The fraction of sp³-hybridized carbons (Fsp3) is 0.536. The number of para-hydroxylation sites is 1. The summed E-state index contributed by atoms with van der Waals surface area (Å²) < 4.78 is 17.0. The van der Waals surface area contributed by atoms with Gasteiger partial charge in [-0.2, -0.15) is 0 Å². The Morgan fingerprint density at radius 3 is 2.58 bits per heavy atom. The minimum Gasteiger partial charge on any atom is -0.496 e. The highest BCUT2D eigenvalue weighted by Crippen LogP contribution is 2.35. The summed E-state index contributed by atoms with van der Waals surface area (Å²) in [6.45, 7) is 5.56. The van der Waals surface area contributed by atoms with Gasteiger partial charge >= 0.3 is 6.09 Å². The molecule has 8 heteroatoms. The summed E-state index contributed by atoms with van der Waals surface area (Å²) in [5.41, 5.74) is 6.73. The van der Waals surface area contributed by atoms with Gasteiger partial charge in [0.25, 0.3) is 0 Å². The van der Waals surface area contributed by atoms with Crippen LogP contribution in [0.15, 0.2) is 36.4 Å². The lowest BCUT2D eigenvalue weighted by atomic mass is 9.86. The molecule has 2 aromatic rings. The molecule has 1 saturated carbocycles. The van der Waals surface area contributed by atoms with Gasteiger partial charge in [0.2, 0.25) is 11.8 Å². The number of nitrogens with two attached hydrogens (primary N) is 1. The number of allylic oxidation sites excluding steroid dienone is 2. The Hall–Kier alpha value is -3.29. The molecule has 0 unspecified atom stereocenters. The summed E-state index contributed by atoms with van der Waals surface area (Å²) in [6, 6.07) is 7.06. The molecule has 0 bridgehead atoms. The van der Waals surface area contributed by atoms with Gasteiger partial charge < -0.3 is 25.3 Å². The van der Waals surface area contributed by atoms with E-state index in [2.05, 4.69) is 22.5 Å². The van der Waals surface area contributed by atoms with Crippen molar-refractivity contribution in [3.05, 3.63) is 42.0 Å². The monoisotopic (exact) mass is 497 g/mol. The van der Waals surface area contributed by atoms with Crippen LogP contribution < -0.4 is 20.5 Å². The zero-order valence-electron chi connectivity index (χ0n) is 22.0. The highest BCUT2D eigenvalue weighted by atomic mass is 16.6.